The Kier molecular flexibility index (Phi) is 7.15. The minimum Gasteiger partial charge on any atom is -0.483 e. The zero-order chi connectivity index (χ0) is 15.8. The maximum absolute atomic E-state index is 13.3. The molecule has 0 aliphatic rings. The van der Waals surface area contributed by atoms with Crippen molar-refractivity contribution in [3.63, 3.8) is 0 Å². The van der Waals surface area contributed by atoms with Crippen LogP contribution in [0.3, 0.4) is 0 Å². The number of amides is 1. The number of nitrogens with one attached hydrogen (secondary N) is 1. The second-order valence-corrected chi connectivity index (χ2v) is 5.14. The van der Waals surface area contributed by atoms with Crippen LogP contribution < -0.4 is 10.1 Å². The van der Waals surface area contributed by atoms with E-state index >= 15 is 0 Å². The van der Waals surface area contributed by atoms with Gasteiger partial charge in [-0.3, -0.25) is 4.79 Å². The molecule has 0 aliphatic carbocycles. The summed E-state index contributed by atoms with van der Waals surface area (Å²) in [7, 11) is 0. The summed E-state index contributed by atoms with van der Waals surface area (Å²) in [6.07, 6.45) is 0. The van der Waals surface area contributed by atoms with Crippen LogP contribution in [-0.2, 0) is 11.3 Å². The highest BCUT2D eigenvalue weighted by Gasteiger charge is 2.12. The van der Waals surface area contributed by atoms with Gasteiger partial charge in [0.15, 0.2) is 6.61 Å². The van der Waals surface area contributed by atoms with Crippen LogP contribution in [-0.4, -0.2) is 36.5 Å². The summed E-state index contributed by atoms with van der Waals surface area (Å²) >= 11 is 0. The molecule has 5 heteroatoms. The number of hydrogen-bond acceptors (Lipinski definition) is 3. The van der Waals surface area contributed by atoms with E-state index in [-0.39, 0.29) is 18.3 Å². The lowest BCUT2D eigenvalue weighted by molar-refractivity contribution is -0.132. The molecule has 0 saturated carbocycles. The molecule has 0 saturated heterocycles. The van der Waals surface area contributed by atoms with Crippen molar-refractivity contribution in [2.45, 2.75) is 40.3 Å². The molecule has 0 aromatic heterocycles. The third-order valence-electron chi connectivity index (χ3n) is 3.19. The van der Waals surface area contributed by atoms with E-state index in [4.69, 9.17) is 4.74 Å². The zero-order valence-electron chi connectivity index (χ0n) is 13.3. The predicted octanol–water partition coefficient (Wildman–Crippen LogP) is 2.57. The molecule has 0 unspecified atom stereocenters. The minimum absolute atomic E-state index is 0.0258. The molecular formula is C16H25FN2O2. The quantitative estimate of drug-likeness (QED) is 0.801. The molecule has 1 rings (SSSR count). The molecule has 0 bridgehead atoms. The summed E-state index contributed by atoms with van der Waals surface area (Å²) in [5, 5.41) is 3.22. The van der Waals surface area contributed by atoms with Gasteiger partial charge in [0.05, 0.1) is 0 Å². The molecule has 1 amide bonds. The average molecular weight is 296 g/mol. The Hall–Kier alpha value is -1.62. The van der Waals surface area contributed by atoms with E-state index in [9.17, 15) is 9.18 Å². The lowest BCUT2D eigenvalue weighted by Gasteiger charge is -2.19. The van der Waals surface area contributed by atoms with Gasteiger partial charge in [0.1, 0.15) is 11.6 Å². The largest absolute Gasteiger partial charge is 0.483 e. The number of likely N-dealkylation sites (N-methyl/N-ethyl adjacent to an activating group) is 1. The molecule has 0 atom stereocenters. The second-order valence-electron chi connectivity index (χ2n) is 5.14. The molecule has 4 nitrogen and oxygen atoms in total. The first kappa shape index (κ1) is 17.4. The van der Waals surface area contributed by atoms with Gasteiger partial charge < -0.3 is 15.0 Å². The third kappa shape index (κ3) is 5.71. The molecule has 1 aromatic rings. The third-order valence-corrected chi connectivity index (χ3v) is 3.19. The molecule has 0 heterocycles. The Morgan fingerprint density at radius 2 is 2.00 bits per heavy atom. The van der Waals surface area contributed by atoms with Gasteiger partial charge >= 0.3 is 0 Å². The van der Waals surface area contributed by atoms with Crippen LogP contribution in [0.2, 0.25) is 0 Å². The van der Waals surface area contributed by atoms with Crippen LogP contribution in [0.4, 0.5) is 4.39 Å². The Bertz CT molecular complexity index is 460. The van der Waals surface area contributed by atoms with E-state index in [1.165, 1.54) is 12.1 Å². The molecule has 1 N–H and O–H groups in total. The number of carbonyl (C=O) groups is 1. The smallest absolute Gasteiger partial charge is 0.260 e. The number of benzene rings is 1. The first-order valence-corrected chi connectivity index (χ1v) is 7.40. The summed E-state index contributed by atoms with van der Waals surface area (Å²) < 4.78 is 18.9. The van der Waals surface area contributed by atoms with E-state index in [2.05, 4.69) is 5.32 Å². The lowest BCUT2D eigenvalue weighted by Crippen LogP contribution is -2.34. The lowest BCUT2D eigenvalue weighted by atomic mass is 10.2. The number of hydrogen-bond donors (Lipinski definition) is 1. The summed E-state index contributed by atoms with van der Waals surface area (Å²) in [5.74, 6) is 0.176. The van der Waals surface area contributed by atoms with E-state index in [1.54, 1.807) is 11.0 Å². The summed E-state index contributed by atoms with van der Waals surface area (Å²) in [4.78, 5) is 13.6. The van der Waals surface area contributed by atoms with Crippen LogP contribution in [0.5, 0.6) is 5.75 Å². The molecule has 0 radical (unpaired) electrons. The first-order chi connectivity index (χ1) is 9.97. The zero-order valence-corrected chi connectivity index (χ0v) is 13.3. The van der Waals surface area contributed by atoms with Gasteiger partial charge in [0, 0.05) is 31.2 Å². The fraction of sp³-hybridized carbons (Fsp3) is 0.562. The topological polar surface area (TPSA) is 41.6 Å². The van der Waals surface area contributed by atoms with Gasteiger partial charge in [-0.15, -0.1) is 0 Å². The standard InChI is InChI=1S/C16H25FN2O2/c1-5-19(6-2)16(20)11-21-15-8-7-14(17)9-13(15)10-18-12(3)4/h7-9,12,18H,5-6,10-11H2,1-4H3. The Morgan fingerprint density at radius 1 is 1.33 bits per heavy atom. The highest BCUT2D eigenvalue weighted by molar-refractivity contribution is 5.77. The molecule has 0 aliphatic heterocycles. The maximum atomic E-state index is 13.3. The fourth-order valence-corrected chi connectivity index (χ4v) is 1.95. The number of carbonyl (C=O) groups excluding carboxylic acids is 1. The minimum atomic E-state index is -0.307. The van der Waals surface area contributed by atoms with Crippen LogP contribution in [0.15, 0.2) is 18.2 Å². The monoisotopic (exact) mass is 296 g/mol. The Morgan fingerprint density at radius 3 is 2.57 bits per heavy atom. The van der Waals surface area contributed by atoms with E-state index in [0.717, 1.165) is 5.56 Å². The average Bonchev–Trinajstić information content (AvgIpc) is 2.45. The van der Waals surface area contributed by atoms with Crippen molar-refractivity contribution in [3.05, 3.63) is 29.6 Å². The predicted molar refractivity (Wildman–Crippen MR) is 81.8 cm³/mol. The summed E-state index contributed by atoms with van der Waals surface area (Å²) in [6, 6.07) is 4.64. The Balaban J connectivity index is 2.71. The van der Waals surface area contributed by atoms with Crippen molar-refractivity contribution in [2.24, 2.45) is 0 Å². The number of halogens is 1. The molecular weight excluding hydrogens is 271 g/mol. The summed E-state index contributed by atoms with van der Waals surface area (Å²) in [5.41, 5.74) is 0.719. The van der Waals surface area contributed by atoms with Gasteiger partial charge in [-0.2, -0.15) is 0 Å². The molecule has 1 aromatic carbocycles. The van der Waals surface area contributed by atoms with Crippen LogP contribution in [0.25, 0.3) is 0 Å². The van der Waals surface area contributed by atoms with Crippen LogP contribution >= 0.6 is 0 Å². The molecule has 0 fully saturated rings. The SMILES string of the molecule is CCN(CC)C(=O)COc1ccc(F)cc1CNC(C)C. The van der Waals surface area contributed by atoms with Gasteiger partial charge in [0.2, 0.25) is 0 Å². The molecule has 21 heavy (non-hydrogen) atoms. The normalized spacial score (nSPS) is 10.8. The number of nitrogens with zero attached hydrogens (tertiary/aromatic N) is 1. The van der Waals surface area contributed by atoms with E-state index in [1.807, 2.05) is 27.7 Å². The van der Waals surface area contributed by atoms with Crippen molar-refractivity contribution < 1.29 is 13.9 Å². The van der Waals surface area contributed by atoms with Crippen molar-refractivity contribution >= 4 is 5.91 Å². The van der Waals surface area contributed by atoms with Gasteiger partial charge in [-0.05, 0) is 32.0 Å². The maximum Gasteiger partial charge on any atom is 0.260 e. The van der Waals surface area contributed by atoms with Crippen molar-refractivity contribution in [3.8, 4) is 5.75 Å². The molecule has 0 spiro atoms. The second kappa shape index (κ2) is 8.62. The number of rotatable bonds is 8. The van der Waals surface area contributed by atoms with E-state index in [0.29, 0.717) is 31.4 Å². The number of ether oxygens (including phenoxy) is 1. The van der Waals surface area contributed by atoms with Gasteiger partial charge in [-0.1, -0.05) is 13.8 Å². The van der Waals surface area contributed by atoms with Crippen molar-refractivity contribution in [1.29, 1.82) is 0 Å². The van der Waals surface area contributed by atoms with E-state index < -0.39 is 0 Å². The summed E-state index contributed by atoms with van der Waals surface area (Å²) in [6.45, 7) is 9.68. The highest BCUT2D eigenvalue weighted by atomic mass is 19.1. The molecule has 118 valence electrons. The first-order valence-electron chi connectivity index (χ1n) is 7.40. The Labute approximate surface area is 126 Å². The van der Waals surface area contributed by atoms with Crippen molar-refractivity contribution in [2.75, 3.05) is 19.7 Å². The van der Waals surface area contributed by atoms with Gasteiger partial charge in [0.25, 0.3) is 5.91 Å². The highest BCUT2D eigenvalue weighted by Crippen LogP contribution is 2.20. The fourth-order valence-electron chi connectivity index (χ4n) is 1.95. The van der Waals surface area contributed by atoms with Crippen LogP contribution in [0, 0.1) is 5.82 Å². The van der Waals surface area contributed by atoms with Crippen LogP contribution in [0.1, 0.15) is 33.3 Å². The van der Waals surface area contributed by atoms with Crippen molar-refractivity contribution in [1.82, 2.24) is 10.2 Å². The van der Waals surface area contributed by atoms with Gasteiger partial charge in [-0.25, -0.2) is 4.39 Å².